The third kappa shape index (κ3) is 1.69. The van der Waals surface area contributed by atoms with E-state index in [4.69, 9.17) is 17.3 Å². The van der Waals surface area contributed by atoms with Gasteiger partial charge in [-0.15, -0.1) is 0 Å². The fraction of sp³-hybridized carbons (Fsp3) is 0.250. The van der Waals surface area contributed by atoms with E-state index in [-0.39, 0.29) is 0 Å². The first-order valence-electron chi connectivity index (χ1n) is 5.59. The summed E-state index contributed by atoms with van der Waals surface area (Å²) in [4.78, 5) is 0. The molecule has 3 rings (SSSR count). The van der Waals surface area contributed by atoms with Crippen LogP contribution in [0.2, 0.25) is 5.02 Å². The fourth-order valence-electron chi connectivity index (χ4n) is 2.20. The van der Waals surface area contributed by atoms with Gasteiger partial charge >= 0.3 is 0 Å². The van der Waals surface area contributed by atoms with Gasteiger partial charge in [0.25, 0.3) is 0 Å². The minimum absolute atomic E-state index is 0.612. The van der Waals surface area contributed by atoms with Gasteiger partial charge < -0.3 is 11.1 Å². The number of benzene rings is 1. The van der Waals surface area contributed by atoms with Crippen molar-refractivity contribution >= 4 is 17.4 Å². The average Bonchev–Trinajstić information content (AvgIpc) is 2.68. The fourth-order valence-corrected chi connectivity index (χ4v) is 2.42. The summed E-state index contributed by atoms with van der Waals surface area (Å²) in [6.07, 6.45) is 0.922. The maximum atomic E-state index is 6.19. The van der Waals surface area contributed by atoms with Crippen LogP contribution >= 0.6 is 11.6 Å². The van der Waals surface area contributed by atoms with Crippen LogP contribution in [-0.2, 0) is 13.0 Å². The smallest absolute Gasteiger partial charge is 0.149 e. The molecule has 17 heavy (non-hydrogen) atoms. The van der Waals surface area contributed by atoms with Crippen molar-refractivity contribution in [2.45, 2.75) is 13.0 Å². The molecule has 2 aromatic rings. The van der Waals surface area contributed by atoms with Crippen LogP contribution in [0.5, 0.6) is 0 Å². The van der Waals surface area contributed by atoms with Gasteiger partial charge in [0.1, 0.15) is 5.82 Å². The molecule has 0 aliphatic carbocycles. The minimum Gasteiger partial charge on any atom is -0.382 e. The Morgan fingerprint density at radius 3 is 3.00 bits per heavy atom. The van der Waals surface area contributed by atoms with Crippen LogP contribution in [-0.4, -0.2) is 16.3 Å². The molecule has 1 aliphatic heterocycles. The second-order valence-electron chi connectivity index (χ2n) is 4.10. The number of para-hydroxylation sites is 1. The van der Waals surface area contributed by atoms with Gasteiger partial charge in [-0.1, -0.05) is 23.7 Å². The first kappa shape index (κ1) is 10.6. The maximum absolute atomic E-state index is 6.19. The molecule has 1 aromatic carbocycles. The maximum Gasteiger partial charge on any atom is 0.149 e. The van der Waals surface area contributed by atoms with Gasteiger partial charge in [0.15, 0.2) is 0 Å². The highest BCUT2D eigenvalue weighted by molar-refractivity contribution is 6.32. The van der Waals surface area contributed by atoms with Gasteiger partial charge in [-0.2, -0.15) is 5.10 Å². The summed E-state index contributed by atoms with van der Waals surface area (Å²) in [5.41, 5.74) is 9.08. The molecule has 0 amide bonds. The highest BCUT2D eigenvalue weighted by Crippen LogP contribution is 2.26. The minimum atomic E-state index is 0.612. The summed E-state index contributed by atoms with van der Waals surface area (Å²) in [5, 5.41) is 8.40. The van der Waals surface area contributed by atoms with E-state index in [2.05, 4.69) is 10.4 Å². The number of nitrogen functional groups attached to an aromatic ring is 1. The molecule has 0 radical (unpaired) electrons. The van der Waals surface area contributed by atoms with E-state index in [0.717, 1.165) is 36.5 Å². The number of halogens is 1. The highest BCUT2D eigenvalue weighted by atomic mass is 35.5. The van der Waals surface area contributed by atoms with Crippen molar-refractivity contribution in [3.05, 3.63) is 40.5 Å². The van der Waals surface area contributed by atoms with Crippen LogP contribution in [0.15, 0.2) is 24.3 Å². The molecule has 2 heterocycles. The Labute approximate surface area is 104 Å². The van der Waals surface area contributed by atoms with Crippen LogP contribution in [0.1, 0.15) is 11.3 Å². The van der Waals surface area contributed by atoms with Crippen molar-refractivity contribution in [1.29, 1.82) is 0 Å². The molecule has 0 bridgehead atoms. The predicted molar refractivity (Wildman–Crippen MR) is 68.4 cm³/mol. The van der Waals surface area contributed by atoms with Crippen molar-refractivity contribution < 1.29 is 0 Å². The monoisotopic (exact) mass is 248 g/mol. The first-order chi connectivity index (χ1) is 8.27. The lowest BCUT2D eigenvalue weighted by molar-refractivity contribution is 0.614. The Balaban J connectivity index is 2.19. The summed E-state index contributed by atoms with van der Waals surface area (Å²) in [5.74, 6) is 0.612. The summed E-state index contributed by atoms with van der Waals surface area (Å²) in [6, 6.07) is 7.66. The number of nitrogens with two attached hydrogens (primary N) is 1. The first-order valence-corrected chi connectivity index (χ1v) is 5.97. The lowest BCUT2D eigenvalue weighted by Gasteiger charge is -2.15. The topological polar surface area (TPSA) is 55.9 Å². The third-order valence-corrected chi connectivity index (χ3v) is 3.37. The molecule has 0 spiro atoms. The van der Waals surface area contributed by atoms with Gasteiger partial charge in [-0.3, -0.25) is 0 Å². The van der Waals surface area contributed by atoms with Gasteiger partial charge in [0.2, 0.25) is 0 Å². The lowest BCUT2D eigenvalue weighted by atomic mass is 10.1. The lowest BCUT2D eigenvalue weighted by Crippen LogP contribution is -2.25. The van der Waals surface area contributed by atoms with Crippen LogP contribution in [0.3, 0.4) is 0 Å². The average molecular weight is 249 g/mol. The van der Waals surface area contributed by atoms with Gasteiger partial charge in [0.05, 0.1) is 16.4 Å². The molecule has 1 aromatic heterocycles. The second kappa shape index (κ2) is 4.05. The Hall–Kier alpha value is -1.52. The number of hydrogen-bond donors (Lipinski definition) is 2. The standard InChI is InChI=1S/C12H13ClN4/c13-9-3-1-2-4-10(9)17-11-7-15-6-5-8(11)12(14)16-17/h1-4,15H,5-7H2,(H2,14,16). The summed E-state index contributed by atoms with van der Waals surface area (Å²) in [6.45, 7) is 1.73. The highest BCUT2D eigenvalue weighted by Gasteiger charge is 2.20. The van der Waals surface area contributed by atoms with Crippen molar-refractivity contribution in [1.82, 2.24) is 15.1 Å². The summed E-state index contributed by atoms with van der Waals surface area (Å²) < 4.78 is 1.85. The quantitative estimate of drug-likeness (QED) is 0.809. The molecule has 4 nitrogen and oxygen atoms in total. The van der Waals surface area contributed by atoms with E-state index in [1.807, 2.05) is 28.9 Å². The number of nitrogens with one attached hydrogen (secondary N) is 1. The van der Waals surface area contributed by atoms with Crippen molar-refractivity contribution in [2.75, 3.05) is 12.3 Å². The van der Waals surface area contributed by atoms with Crippen LogP contribution in [0.25, 0.3) is 5.69 Å². The van der Waals surface area contributed by atoms with Crippen LogP contribution in [0, 0.1) is 0 Å². The van der Waals surface area contributed by atoms with E-state index in [1.54, 1.807) is 0 Å². The predicted octanol–water partition coefficient (Wildman–Crippen LogP) is 1.75. The molecule has 1 aliphatic rings. The SMILES string of the molecule is Nc1nn(-c2ccccc2Cl)c2c1CCNC2. The zero-order valence-corrected chi connectivity index (χ0v) is 10.0. The number of anilines is 1. The zero-order chi connectivity index (χ0) is 11.8. The van der Waals surface area contributed by atoms with E-state index >= 15 is 0 Å². The van der Waals surface area contributed by atoms with Crippen molar-refractivity contribution in [3.63, 3.8) is 0 Å². The van der Waals surface area contributed by atoms with Crippen molar-refractivity contribution in [2.24, 2.45) is 0 Å². The molecule has 0 unspecified atom stereocenters. The number of rotatable bonds is 1. The van der Waals surface area contributed by atoms with E-state index in [1.165, 1.54) is 0 Å². The molecule has 0 saturated heterocycles. The number of nitrogens with zero attached hydrogens (tertiary/aromatic N) is 2. The molecule has 3 N–H and O–H groups in total. The van der Waals surface area contributed by atoms with Gasteiger partial charge in [0, 0.05) is 12.1 Å². The Bertz CT molecular complexity index is 562. The summed E-state index contributed by atoms with van der Waals surface area (Å²) >= 11 is 6.19. The van der Waals surface area contributed by atoms with E-state index < -0.39 is 0 Å². The Morgan fingerprint density at radius 1 is 1.35 bits per heavy atom. The number of aromatic nitrogens is 2. The summed E-state index contributed by atoms with van der Waals surface area (Å²) in [7, 11) is 0. The molecule has 5 heteroatoms. The van der Waals surface area contributed by atoms with E-state index in [9.17, 15) is 0 Å². The molecular weight excluding hydrogens is 236 g/mol. The molecular formula is C12H13ClN4. The Kier molecular flexibility index (Phi) is 2.53. The van der Waals surface area contributed by atoms with Gasteiger partial charge in [-0.25, -0.2) is 4.68 Å². The molecule has 0 fully saturated rings. The van der Waals surface area contributed by atoms with Crippen LogP contribution in [0.4, 0.5) is 5.82 Å². The normalized spacial score (nSPS) is 14.6. The number of fused-ring (bicyclic) bond motifs is 1. The van der Waals surface area contributed by atoms with Crippen molar-refractivity contribution in [3.8, 4) is 5.69 Å². The Morgan fingerprint density at radius 2 is 2.18 bits per heavy atom. The molecule has 0 saturated carbocycles. The molecule has 88 valence electrons. The van der Waals surface area contributed by atoms with Gasteiger partial charge in [-0.05, 0) is 25.1 Å². The molecule has 0 atom stereocenters. The van der Waals surface area contributed by atoms with Crippen LogP contribution < -0.4 is 11.1 Å². The van der Waals surface area contributed by atoms with E-state index in [0.29, 0.717) is 10.8 Å². The third-order valence-electron chi connectivity index (χ3n) is 3.05. The zero-order valence-electron chi connectivity index (χ0n) is 9.28. The second-order valence-corrected chi connectivity index (χ2v) is 4.51. The largest absolute Gasteiger partial charge is 0.382 e. The number of hydrogen-bond acceptors (Lipinski definition) is 3.